The lowest BCUT2D eigenvalue weighted by molar-refractivity contribution is -0.125. The van der Waals surface area contributed by atoms with Crippen molar-refractivity contribution in [3.05, 3.63) is 23.2 Å². The number of aromatic nitrogens is 2. The summed E-state index contributed by atoms with van der Waals surface area (Å²) < 4.78 is 1.48. The molecule has 2 N–H and O–H groups in total. The Bertz CT molecular complexity index is 486. The van der Waals surface area contributed by atoms with Crippen LogP contribution in [-0.2, 0) is 15.7 Å². The molecule has 1 aromatic rings. The highest BCUT2D eigenvalue weighted by Crippen LogP contribution is 2.32. The number of nitrogens with two attached hydrogens (primary N) is 1. The van der Waals surface area contributed by atoms with Gasteiger partial charge in [0.2, 0.25) is 5.91 Å². The monoisotopic (exact) mass is 234 g/mol. The van der Waals surface area contributed by atoms with Crippen molar-refractivity contribution < 1.29 is 4.79 Å². The molecule has 0 radical (unpaired) electrons. The van der Waals surface area contributed by atoms with Gasteiger partial charge in [-0.2, -0.15) is 4.68 Å². The lowest BCUT2D eigenvalue weighted by Gasteiger charge is -2.19. The van der Waals surface area contributed by atoms with Crippen molar-refractivity contribution >= 4 is 11.7 Å². The van der Waals surface area contributed by atoms with Crippen LogP contribution in [0.3, 0.4) is 0 Å². The van der Waals surface area contributed by atoms with Crippen molar-refractivity contribution in [1.82, 2.24) is 9.78 Å². The van der Waals surface area contributed by atoms with E-state index in [1.54, 1.807) is 20.0 Å². The average Bonchev–Trinajstić information content (AvgIpc) is 2.60. The van der Waals surface area contributed by atoms with Gasteiger partial charge in [-0.3, -0.25) is 4.79 Å². The van der Waals surface area contributed by atoms with Crippen LogP contribution in [0.5, 0.6) is 0 Å². The molecule has 1 amide bonds. The normalized spacial score (nSPS) is 12.2. The van der Waals surface area contributed by atoms with E-state index in [9.17, 15) is 4.79 Å². The average molecular weight is 234 g/mol. The molecule has 1 rings (SSSR count). The largest absolute Gasteiger partial charge is 0.368 e. The molecule has 0 atom stereocenters. The summed E-state index contributed by atoms with van der Waals surface area (Å²) in [4.78, 5) is 14.8. The number of hydrogen-bond donors (Lipinski definition) is 1. The first-order valence-corrected chi connectivity index (χ1v) is 5.38. The number of hydrogen-bond acceptors (Lipinski definition) is 2. The number of amides is 1. The Morgan fingerprint density at radius 3 is 2.24 bits per heavy atom. The summed E-state index contributed by atoms with van der Waals surface area (Å²) in [7, 11) is 0. The topological polar surface area (TPSA) is 65.3 Å². The van der Waals surface area contributed by atoms with Crippen LogP contribution in [0.25, 0.3) is 4.85 Å². The van der Waals surface area contributed by atoms with Crippen molar-refractivity contribution in [2.45, 2.75) is 45.6 Å². The smallest absolute Gasteiger partial charge is 0.299 e. The molecule has 1 heterocycles. The summed E-state index contributed by atoms with van der Waals surface area (Å²) in [6.45, 7) is 16.5. The lowest BCUT2D eigenvalue weighted by atomic mass is 9.89. The van der Waals surface area contributed by atoms with E-state index in [0.717, 1.165) is 5.56 Å². The van der Waals surface area contributed by atoms with Crippen LogP contribution in [0, 0.1) is 6.57 Å². The molecule has 0 saturated carbocycles. The fraction of sp³-hybridized carbons (Fsp3) is 0.583. The summed E-state index contributed by atoms with van der Waals surface area (Å²) in [5.74, 6) is -0.149. The zero-order valence-electron chi connectivity index (χ0n) is 10.9. The highest BCUT2D eigenvalue weighted by Gasteiger charge is 2.33. The molecule has 0 aliphatic heterocycles. The zero-order valence-corrected chi connectivity index (χ0v) is 10.9. The van der Waals surface area contributed by atoms with Gasteiger partial charge >= 0.3 is 0 Å². The molecular formula is C12H18N4O. The van der Waals surface area contributed by atoms with Crippen LogP contribution in [0.4, 0.5) is 5.82 Å². The summed E-state index contributed by atoms with van der Waals surface area (Å²) in [6, 6.07) is 0. The third-order valence-corrected chi connectivity index (χ3v) is 2.78. The Hall–Kier alpha value is -1.83. The molecule has 0 unspecified atom stereocenters. The molecule has 5 nitrogen and oxygen atoms in total. The second kappa shape index (κ2) is 3.88. The predicted molar refractivity (Wildman–Crippen MR) is 65.7 cm³/mol. The van der Waals surface area contributed by atoms with Gasteiger partial charge in [0, 0.05) is 11.8 Å². The molecule has 0 bridgehead atoms. The van der Waals surface area contributed by atoms with Crippen LogP contribution in [0.15, 0.2) is 6.20 Å². The third-order valence-electron chi connectivity index (χ3n) is 2.78. The van der Waals surface area contributed by atoms with E-state index >= 15 is 0 Å². The van der Waals surface area contributed by atoms with Gasteiger partial charge < -0.3 is 10.6 Å². The minimum absolute atomic E-state index is 0.189. The van der Waals surface area contributed by atoms with Crippen LogP contribution < -0.4 is 5.73 Å². The summed E-state index contributed by atoms with van der Waals surface area (Å²) in [5, 5.41) is 4.15. The van der Waals surface area contributed by atoms with E-state index in [1.807, 2.05) is 20.8 Å². The molecule has 1 aromatic heterocycles. The zero-order chi connectivity index (χ0) is 13.4. The first kappa shape index (κ1) is 13.2. The van der Waals surface area contributed by atoms with Crippen LogP contribution >= 0.6 is 0 Å². The van der Waals surface area contributed by atoms with E-state index in [4.69, 9.17) is 12.3 Å². The third kappa shape index (κ3) is 2.31. The minimum atomic E-state index is -0.928. The van der Waals surface area contributed by atoms with Crippen molar-refractivity contribution in [2.75, 3.05) is 0 Å². The second-order valence-corrected chi connectivity index (χ2v) is 5.60. The van der Waals surface area contributed by atoms with Gasteiger partial charge in [0.1, 0.15) is 0 Å². The molecule has 0 spiro atoms. The van der Waals surface area contributed by atoms with E-state index in [-0.39, 0.29) is 5.41 Å². The van der Waals surface area contributed by atoms with Gasteiger partial charge in [-0.25, -0.2) is 0 Å². The lowest BCUT2D eigenvalue weighted by Crippen LogP contribution is -2.41. The molecule has 5 heteroatoms. The molecule has 17 heavy (non-hydrogen) atoms. The van der Waals surface area contributed by atoms with E-state index in [1.165, 1.54) is 4.68 Å². The number of carbonyl (C=O) groups excluding carboxylic acids is 1. The van der Waals surface area contributed by atoms with Gasteiger partial charge in [-0.15, -0.1) is 0 Å². The molecule has 0 fully saturated rings. The van der Waals surface area contributed by atoms with Crippen molar-refractivity contribution in [3.8, 4) is 0 Å². The Balaban J connectivity index is 3.39. The number of nitrogens with zero attached hydrogens (tertiary/aromatic N) is 3. The molecule has 0 saturated heterocycles. The first-order valence-electron chi connectivity index (χ1n) is 5.38. The Morgan fingerprint density at radius 1 is 1.41 bits per heavy atom. The Kier molecular flexibility index (Phi) is 3.02. The standard InChI is InChI=1S/C12H18N4O/c1-11(2,3)8-7-16(15-9(8)14-6)12(4,5)10(13)17/h7H,1-5H3,(H2,13,17). The first-order chi connectivity index (χ1) is 7.60. The van der Waals surface area contributed by atoms with E-state index in [2.05, 4.69) is 9.94 Å². The van der Waals surface area contributed by atoms with Crippen molar-refractivity contribution in [1.29, 1.82) is 0 Å². The number of carbonyl (C=O) groups is 1. The molecule has 92 valence electrons. The Morgan fingerprint density at radius 2 is 1.94 bits per heavy atom. The maximum absolute atomic E-state index is 11.4. The van der Waals surface area contributed by atoms with Gasteiger partial charge in [0.15, 0.2) is 5.54 Å². The number of primary amides is 1. The minimum Gasteiger partial charge on any atom is -0.368 e. The molecule has 0 aliphatic rings. The summed E-state index contributed by atoms with van der Waals surface area (Å²) in [5.41, 5.74) is 5.04. The quantitative estimate of drug-likeness (QED) is 0.795. The van der Waals surface area contributed by atoms with Crippen LogP contribution in [0.1, 0.15) is 40.2 Å². The second-order valence-electron chi connectivity index (χ2n) is 5.60. The van der Waals surface area contributed by atoms with Crippen molar-refractivity contribution in [3.63, 3.8) is 0 Å². The molecule has 0 aromatic carbocycles. The maximum Gasteiger partial charge on any atom is 0.299 e. The summed E-state index contributed by atoms with van der Waals surface area (Å²) in [6.07, 6.45) is 1.73. The highest BCUT2D eigenvalue weighted by molar-refractivity contribution is 5.81. The number of rotatable bonds is 2. The molecular weight excluding hydrogens is 216 g/mol. The van der Waals surface area contributed by atoms with Crippen LogP contribution in [0.2, 0.25) is 0 Å². The van der Waals surface area contributed by atoms with Gasteiger partial charge in [0.05, 0.1) is 0 Å². The predicted octanol–water partition coefficient (Wildman–Crippen LogP) is 1.95. The van der Waals surface area contributed by atoms with Crippen LogP contribution in [-0.4, -0.2) is 15.7 Å². The van der Waals surface area contributed by atoms with E-state index < -0.39 is 11.4 Å². The van der Waals surface area contributed by atoms with Crippen molar-refractivity contribution in [2.24, 2.45) is 5.73 Å². The van der Waals surface area contributed by atoms with Gasteiger partial charge in [-0.1, -0.05) is 27.3 Å². The SMILES string of the molecule is [C-]#[N+]c1nn(C(C)(C)C(N)=O)cc1C(C)(C)C. The summed E-state index contributed by atoms with van der Waals surface area (Å²) >= 11 is 0. The van der Waals surface area contributed by atoms with E-state index in [0.29, 0.717) is 5.82 Å². The van der Waals surface area contributed by atoms with Gasteiger partial charge in [-0.05, 0) is 24.4 Å². The molecule has 0 aliphatic carbocycles. The maximum atomic E-state index is 11.4. The van der Waals surface area contributed by atoms with Gasteiger partial charge in [0.25, 0.3) is 5.82 Å². The fourth-order valence-electron chi connectivity index (χ4n) is 1.38. The fourth-order valence-corrected chi connectivity index (χ4v) is 1.38. The Labute approximate surface area is 101 Å². The highest BCUT2D eigenvalue weighted by atomic mass is 16.1.